The highest BCUT2D eigenvalue weighted by Gasteiger charge is 2.28. The van der Waals surface area contributed by atoms with Gasteiger partial charge in [-0.3, -0.25) is 4.72 Å². The summed E-state index contributed by atoms with van der Waals surface area (Å²) in [5.41, 5.74) is 0.0339. The predicted molar refractivity (Wildman–Crippen MR) is 118 cm³/mol. The van der Waals surface area contributed by atoms with Gasteiger partial charge in [-0.15, -0.1) is 11.3 Å². The Kier molecular flexibility index (Phi) is 6.30. The van der Waals surface area contributed by atoms with Gasteiger partial charge in [-0.25, -0.2) is 16.8 Å². The topological polar surface area (TPSA) is 102 Å². The number of para-hydroxylation sites is 1. The Morgan fingerprint density at radius 1 is 0.935 bits per heavy atom. The van der Waals surface area contributed by atoms with Crippen molar-refractivity contribution >= 4 is 37.1 Å². The maximum Gasteiger partial charge on any atom is 0.271 e. The number of nitrogens with zero attached hydrogens (tertiary/aromatic N) is 1. The zero-order valence-corrected chi connectivity index (χ0v) is 18.8. The van der Waals surface area contributed by atoms with E-state index in [4.69, 9.17) is 9.47 Å². The van der Waals surface area contributed by atoms with Crippen molar-refractivity contribution in [1.82, 2.24) is 4.31 Å². The van der Waals surface area contributed by atoms with Gasteiger partial charge in [0.05, 0.1) is 23.8 Å². The molecule has 0 bridgehead atoms. The molecule has 0 unspecified atom stereocenters. The lowest BCUT2D eigenvalue weighted by atomic mass is 10.3. The van der Waals surface area contributed by atoms with Crippen molar-refractivity contribution in [3.63, 3.8) is 0 Å². The first-order valence-electron chi connectivity index (χ1n) is 9.37. The number of anilines is 1. The molecule has 1 N–H and O–H groups in total. The van der Waals surface area contributed by atoms with Crippen LogP contribution in [0.5, 0.6) is 11.5 Å². The van der Waals surface area contributed by atoms with Crippen molar-refractivity contribution in [2.24, 2.45) is 0 Å². The molecule has 4 rings (SSSR count). The van der Waals surface area contributed by atoms with Crippen molar-refractivity contribution < 1.29 is 26.3 Å². The van der Waals surface area contributed by atoms with Crippen LogP contribution in [0.3, 0.4) is 0 Å². The van der Waals surface area contributed by atoms with Crippen LogP contribution in [0, 0.1) is 0 Å². The smallest absolute Gasteiger partial charge is 0.271 e. The maximum atomic E-state index is 13.1. The van der Waals surface area contributed by atoms with Crippen LogP contribution in [0.1, 0.15) is 0 Å². The summed E-state index contributed by atoms with van der Waals surface area (Å²) in [4.78, 5) is -0.0290. The van der Waals surface area contributed by atoms with Gasteiger partial charge in [0, 0.05) is 13.1 Å². The second-order valence-corrected chi connectivity index (χ2v) is 11.4. The third-order valence-electron chi connectivity index (χ3n) is 4.53. The van der Waals surface area contributed by atoms with Crippen LogP contribution in [0.25, 0.3) is 0 Å². The average Bonchev–Trinajstić information content (AvgIpc) is 3.32. The highest BCUT2D eigenvalue weighted by molar-refractivity contribution is 7.94. The van der Waals surface area contributed by atoms with Crippen LogP contribution in [0.4, 0.5) is 5.69 Å². The van der Waals surface area contributed by atoms with Gasteiger partial charge in [-0.05, 0) is 41.8 Å². The molecule has 164 valence electrons. The Bertz CT molecular complexity index is 1240. The Morgan fingerprint density at radius 2 is 1.68 bits per heavy atom. The molecule has 0 saturated carbocycles. The maximum absolute atomic E-state index is 13.1. The van der Waals surface area contributed by atoms with Crippen LogP contribution >= 0.6 is 11.3 Å². The van der Waals surface area contributed by atoms with Gasteiger partial charge < -0.3 is 9.47 Å². The molecule has 3 aromatic rings. The molecule has 1 aliphatic heterocycles. The summed E-state index contributed by atoms with van der Waals surface area (Å²) in [5.74, 6) is 0.676. The highest BCUT2D eigenvalue weighted by atomic mass is 32.2. The van der Waals surface area contributed by atoms with Gasteiger partial charge in [-0.1, -0.05) is 24.3 Å². The number of sulfonamides is 2. The minimum absolute atomic E-state index is 0.0290. The summed E-state index contributed by atoms with van der Waals surface area (Å²) in [6.45, 7) is 1.10. The van der Waals surface area contributed by atoms with E-state index in [0.717, 1.165) is 11.3 Å². The number of benzene rings is 2. The van der Waals surface area contributed by atoms with Crippen molar-refractivity contribution in [3.05, 3.63) is 66.0 Å². The number of nitrogens with one attached hydrogen (secondary N) is 1. The quantitative estimate of drug-likeness (QED) is 0.556. The molecule has 0 amide bonds. The second-order valence-electron chi connectivity index (χ2n) is 6.63. The number of hydrogen-bond acceptors (Lipinski definition) is 7. The summed E-state index contributed by atoms with van der Waals surface area (Å²) >= 11 is 1.06. The molecular formula is C20H20N2O6S3. The molecule has 0 spiro atoms. The fraction of sp³-hybridized carbons (Fsp3) is 0.200. The van der Waals surface area contributed by atoms with Crippen LogP contribution < -0.4 is 9.46 Å². The van der Waals surface area contributed by atoms with E-state index in [1.165, 1.54) is 28.6 Å². The van der Waals surface area contributed by atoms with Gasteiger partial charge in [-0.2, -0.15) is 4.31 Å². The van der Waals surface area contributed by atoms with Crippen molar-refractivity contribution in [1.29, 1.82) is 0 Å². The first kappa shape index (κ1) is 21.8. The number of thiophene rings is 1. The molecule has 8 nitrogen and oxygen atoms in total. The minimum atomic E-state index is -3.91. The monoisotopic (exact) mass is 480 g/mol. The van der Waals surface area contributed by atoms with Gasteiger partial charge in [0.1, 0.15) is 9.96 Å². The molecular weight excluding hydrogens is 460 g/mol. The fourth-order valence-corrected chi connectivity index (χ4v) is 6.49. The van der Waals surface area contributed by atoms with E-state index in [2.05, 4.69) is 4.72 Å². The SMILES string of the molecule is O=S(=O)(Nc1cc(S(=O)(=O)N2CCOCC2)ccc1Oc1ccccc1)c1cccs1. The van der Waals surface area contributed by atoms with Gasteiger partial charge >= 0.3 is 0 Å². The van der Waals surface area contributed by atoms with Crippen LogP contribution in [-0.2, 0) is 24.8 Å². The lowest BCUT2D eigenvalue weighted by Crippen LogP contribution is -2.40. The molecule has 0 atom stereocenters. The summed E-state index contributed by atoms with van der Waals surface area (Å²) < 4.78 is 66.7. The number of rotatable bonds is 7. The molecule has 1 fully saturated rings. The first-order chi connectivity index (χ1) is 14.9. The average molecular weight is 481 g/mol. The highest BCUT2D eigenvalue weighted by Crippen LogP contribution is 2.34. The molecule has 1 aromatic heterocycles. The Hall–Kier alpha value is -2.44. The zero-order valence-electron chi connectivity index (χ0n) is 16.3. The molecule has 1 saturated heterocycles. The molecule has 2 heterocycles. The summed E-state index contributed by atoms with van der Waals surface area (Å²) in [5, 5.41) is 1.65. The minimum Gasteiger partial charge on any atom is -0.455 e. The van der Waals surface area contributed by atoms with Gasteiger partial charge in [0.25, 0.3) is 10.0 Å². The van der Waals surface area contributed by atoms with Gasteiger partial charge in [0.15, 0.2) is 5.75 Å². The summed E-state index contributed by atoms with van der Waals surface area (Å²) in [6.07, 6.45) is 0. The van der Waals surface area contributed by atoms with Crippen molar-refractivity contribution in [2.45, 2.75) is 9.10 Å². The number of hydrogen-bond donors (Lipinski definition) is 1. The predicted octanol–water partition coefficient (Wildman–Crippen LogP) is 3.36. The van der Waals surface area contributed by atoms with E-state index in [0.29, 0.717) is 19.0 Å². The Morgan fingerprint density at radius 3 is 2.35 bits per heavy atom. The van der Waals surface area contributed by atoms with Crippen LogP contribution in [0.2, 0.25) is 0 Å². The standard InChI is InChI=1S/C20H20N2O6S3/c23-30(24,20-7-4-14-29-20)21-18-15-17(31(25,26)22-10-12-27-13-11-22)8-9-19(18)28-16-5-2-1-3-6-16/h1-9,14-15,21H,10-13H2. The molecule has 0 radical (unpaired) electrons. The van der Waals surface area contributed by atoms with E-state index < -0.39 is 20.0 Å². The molecule has 0 aliphatic carbocycles. The van der Waals surface area contributed by atoms with E-state index in [1.54, 1.807) is 35.7 Å². The van der Waals surface area contributed by atoms with Crippen molar-refractivity contribution in [3.8, 4) is 11.5 Å². The van der Waals surface area contributed by atoms with Crippen LogP contribution in [0.15, 0.2) is 75.1 Å². The largest absolute Gasteiger partial charge is 0.455 e. The molecule has 2 aromatic carbocycles. The molecule has 31 heavy (non-hydrogen) atoms. The number of ether oxygens (including phenoxy) is 2. The third kappa shape index (κ3) is 4.91. The first-order valence-corrected chi connectivity index (χ1v) is 13.2. The van der Waals surface area contributed by atoms with E-state index in [9.17, 15) is 16.8 Å². The molecule has 1 aliphatic rings. The third-order valence-corrected chi connectivity index (χ3v) is 9.19. The van der Waals surface area contributed by atoms with Gasteiger partial charge in [0.2, 0.25) is 10.0 Å². The Labute approximate surface area is 185 Å². The van der Waals surface area contributed by atoms with E-state index in [-0.39, 0.29) is 33.6 Å². The lowest BCUT2D eigenvalue weighted by Gasteiger charge is -2.26. The zero-order chi connectivity index (χ0) is 21.9. The fourth-order valence-electron chi connectivity index (χ4n) is 3.00. The van der Waals surface area contributed by atoms with E-state index in [1.807, 2.05) is 6.07 Å². The second kappa shape index (κ2) is 8.97. The lowest BCUT2D eigenvalue weighted by molar-refractivity contribution is 0.0730. The summed E-state index contributed by atoms with van der Waals surface area (Å²) in [6, 6.07) is 16.1. The Balaban J connectivity index is 1.73. The van der Waals surface area contributed by atoms with E-state index >= 15 is 0 Å². The normalized spacial score (nSPS) is 15.5. The summed E-state index contributed by atoms with van der Waals surface area (Å²) in [7, 11) is -7.73. The van der Waals surface area contributed by atoms with Crippen LogP contribution in [-0.4, -0.2) is 47.4 Å². The van der Waals surface area contributed by atoms with Crippen molar-refractivity contribution in [2.75, 3.05) is 31.0 Å². The molecule has 11 heteroatoms. The number of morpholine rings is 1.